The van der Waals surface area contributed by atoms with Crippen LogP contribution in [-0.2, 0) is 10.6 Å². The van der Waals surface area contributed by atoms with Gasteiger partial charge in [0.1, 0.15) is 6.23 Å². The Hall–Kier alpha value is -0.590. The van der Waals surface area contributed by atoms with Crippen LogP contribution in [0.2, 0.25) is 0 Å². The number of rotatable bonds is 8. The molecule has 0 fully saturated rings. The Morgan fingerprint density at radius 2 is 1.89 bits per heavy atom. The standard InChI is InChI=1S/C14H25N3OS/c1-11(2)16-14(19-18-12(3)17(4)15)10-13-8-6-5-7-9-13/h5-9,11-12,14,16H,10,15H2,1-4H3. The Balaban J connectivity index is 2.52. The molecule has 0 saturated carbocycles. The van der Waals surface area contributed by atoms with Crippen LogP contribution in [-0.4, -0.2) is 29.7 Å². The van der Waals surface area contributed by atoms with E-state index in [-0.39, 0.29) is 11.6 Å². The van der Waals surface area contributed by atoms with Crippen LogP contribution in [0.1, 0.15) is 26.3 Å². The third kappa shape index (κ3) is 6.94. The Bertz CT molecular complexity index is 346. The number of benzene rings is 1. The highest BCUT2D eigenvalue weighted by molar-refractivity contribution is 7.95. The summed E-state index contributed by atoms with van der Waals surface area (Å²) >= 11 is 1.45. The predicted molar refractivity (Wildman–Crippen MR) is 82.3 cm³/mol. The number of hydrogen-bond donors (Lipinski definition) is 2. The first-order chi connectivity index (χ1) is 8.99. The Kier molecular flexibility index (Phi) is 7.41. The van der Waals surface area contributed by atoms with Gasteiger partial charge >= 0.3 is 0 Å². The molecule has 0 bridgehead atoms. The lowest BCUT2D eigenvalue weighted by Crippen LogP contribution is -2.38. The molecule has 0 spiro atoms. The molecule has 0 amide bonds. The summed E-state index contributed by atoms with van der Waals surface area (Å²) in [6.45, 7) is 6.20. The van der Waals surface area contributed by atoms with Crippen molar-refractivity contribution in [2.24, 2.45) is 5.84 Å². The average Bonchev–Trinajstić information content (AvgIpc) is 2.36. The largest absolute Gasteiger partial charge is 0.301 e. The van der Waals surface area contributed by atoms with E-state index < -0.39 is 0 Å². The van der Waals surface area contributed by atoms with Crippen LogP contribution < -0.4 is 11.2 Å². The smallest absolute Gasteiger partial charge is 0.134 e. The van der Waals surface area contributed by atoms with Crippen LogP contribution in [0.5, 0.6) is 0 Å². The van der Waals surface area contributed by atoms with Gasteiger partial charge in [-0.05, 0) is 32.8 Å². The molecule has 0 aliphatic heterocycles. The summed E-state index contributed by atoms with van der Waals surface area (Å²) in [6, 6.07) is 10.8. The molecule has 3 N–H and O–H groups in total. The summed E-state index contributed by atoms with van der Waals surface area (Å²) < 4.78 is 5.69. The molecule has 0 aliphatic rings. The molecule has 2 unspecified atom stereocenters. The zero-order valence-electron chi connectivity index (χ0n) is 12.2. The maximum atomic E-state index is 5.69. The van der Waals surface area contributed by atoms with Crippen molar-refractivity contribution in [3.05, 3.63) is 35.9 Å². The Morgan fingerprint density at radius 3 is 2.42 bits per heavy atom. The molecule has 0 aliphatic carbocycles. The van der Waals surface area contributed by atoms with E-state index in [0.29, 0.717) is 6.04 Å². The molecule has 19 heavy (non-hydrogen) atoms. The van der Waals surface area contributed by atoms with Crippen molar-refractivity contribution in [1.29, 1.82) is 0 Å². The minimum absolute atomic E-state index is 0.114. The van der Waals surface area contributed by atoms with Gasteiger partial charge in [-0.1, -0.05) is 30.3 Å². The van der Waals surface area contributed by atoms with Gasteiger partial charge in [0.25, 0.3) is 0 Å². The molecular formula is C14H25N3OS. The SMILES string of the molecule is CC(C)NC(Cc1ccccc1)SOC(C)N(C)N. The van der Waals surface area contributed by atoms with Crippen molar-refractivity contribution in [2.45, 2.75) is 44.8 Å². The molecule has 0 aromatic heterocycles. The normalized spacial score (nSPS) is 14.9. The van der Waals surface area contributed by atoms with Gasteiger partial charge in [-0.25, -0.2) is 5.01 Å². The van der Waals surface area contributed by atoms with Gasteiger partial charge in [-0.2, -0.15) is 0 Å². The van der Waals surface area contributed by atoms with Crippen LogP contribution in [0.25, 0.3) is 0 Å². The highest BCUT2D eigenvalue weighted by Gasteiger charge is 2.15. The quantitative estimate of drug-likeness (QED) is 0.332. The van der Waals surface area contributed by atoms with Crippen molar-refractivity contribution in [2.75, 3.05) is 7.05 Å². The predicted octanol–water partition coefficient (Wildman–Crippen LogP) is 2.37. The van der Waals surface area contributed by atoms with Crippen molar-refractivity contribution in [1.82, 2.24) is 10.3 Å². The van der Waals surface area contributed by atoms with Gasteiger partial charge in [0.15, 0.2) is 0 Å². The van der Waals surface area contributed by atoms with Crippen LogP contribution in [0, 0.1) is 0 Å². The second-order valence-electron chi connectivity index (χ2n) is 4.96. The molecule has 2 atom stereocenters. The second-order valence-corrected chi connectivity index (χ2v) is 5.91. The van der Waals surface area contributed by atoms with E-state index in [1.165, 1.54) is 17.6 Å². The highest BCUT2D eigenvalue weighted by Crippen LogP contribution is 2.18. The molecule has 1 aromatic rings. The molecule has 0 saturated heterocycles. The lowest BCUT2D eigenvalue weighted by molar-refractivity contribution is 0.0798. The van der Waals surface area contributed by atoms with Crippen molar-refractivity contribution < 1.29 is 4.18 Å². The first kappa shape index (κ1) is 16.5. The number of hydrazine groups is 1. The molecule has 5 heteroatoms. The topological polar surface area (TPSA) is 50.5 Å². The summed E-state index contributed by atoms with van der Waals surface area (Å²) in [5.74, 6) is 5.65. The molecule has 108 valence electrons. The van der Waals surface area contributed by atoms with Gasteiger partial charge in [-0.3, -0.25) is 10.0 Å². The maximum Gasteiger partial charge on any atom is 0.134 e. The van der Waals surface area contributed by atoms with Crippen molar-refractivity contribution >= 4 is 12.0 Å². The summed E-state index contributed by atoms with van der Waals surface area (Å²) in [5, 5.41) is 5.27. The molecule has 0 radical (unpaired) electrons. The van der Waals surface area contributed by atoms with E-state index in [0.717, 1.165) is 6.42 Å². The van der Waals surface area contributed by atoms with Crippen LogP contribution in [0.4, 0.5) is 0 Å². The minimum Gasteiger partial charge on any atom is -0.301 e. The van der Waals surface area contributed by atoms with Crippen LogP contribution in [0.3, 0.4) is 0 Å². The molecule has 1 aromatic carbocycles. The fraction of sp³-hybridized carbons (Fsp3) is 0.571. The van der Waals surface area contributed by atoms with Crippen LogP contribution in [0.15, 0.2) is 30.3 Å². The van der Waals surface area contributed by atoms with Crippen molar-refractivity contribution in [3.63, 3.8) is 0 Å². The molecule has 1 rings (SSSR count). The van der Waals surface area contributed by atoms with E-state index in [2.05, 4.69) is 43.4 Å². The lowest BCUT2D eigenvalue weighted by atomic mass is 10.1. The van der Waals surface area contributed by atoms with Gasteiger partial charge in [0.05, 0.1) is 5.37 Å². The highest BCUT2D eigenvalue weighted by atomic mass is 32.2. The Morgan fingerprint density at radius 1 is 1.26 bits per heavy atom. The lowest BCUT2D eigenvalue weighted by Gasteiger charge is -2.24. The summed E-state index contributed by atoms with van der Waals surface area (Å²) in [4.78, 5) is 0. The minimum atomic E-state index is -0.114. The van der Waals surface area contributed by atoms with E-state index in [9.17, 15) is 0 Å². The summed E-state index contributed by atoms with van der Waals surface area (Å²) in [5.41, 5.74) is 1.30. The monoisotopic (exact) mass is 283 g/mol. The third-order valence-corrected chi connectivity index (χ3v) is 3.59. The third-order valence-electron chi connectivity index (χ3n) is 2.67. The number of nitrogens with one attached hydrogen (secondary N) is 1. The molecular weight excluding hydrogens is 258 g/mol. The van der Waals surface area contributed by atoms with Gasteiger partial charge < -0.3 is 5.32 Å². The van der Waals surface area contributed by atoms with Gasteiger partial charge in [0.2, 0.25) is 0 Å². The van der Waals surface area contributed by atoms with Crippen molar-refractivity contribution in [3.8, 4) is 0 Å². The number of nitrogens with zero attached hydrogens (tertiary/aromatic N) is 1. The molecule has 0 heterocycles. The van der Waals surface area contributed by atoms with Crippen LogP contribution >= 0.6 is 12.0 Å². The number of hydrogen-bond acceptors (Lipinski definition) is 5. The average molecular weight is 283 g/mol. The molecule has 4 nitrogen and oxygen atoms in total. The van der Waals surface area contributed by atoms with E-state index >= 15 is 0 Å². The van der Waals surface area contributed by atoms with Gasteiger partial charge in [-0.15, -0.1) is 0 Å². The van der Waals surface area contributed by atoms with E-state index in [4.69, 9.17) is 10.0 Å². The Labute approximate surface area is 120 Å². The van der Waals surface area contributed by atoms with E-state index in [1.807, 2.05) is 13.0 Å². The fourth-order valence-electron chi connectivity index (χ4n) is 1.54. The zero-order valence-corrected chi connectivity index (χ0v) is 13.0. The zero-order chi connectivity index (χ0) is 14.3. The summed E-state index contributed by atoms with van der Waals surface area (Å²) in [6.07, 6.45) is 0.808. The first-order valence-corrected chi connectivity index (χ1v) is 7.39. The first-order valence-electron chi connectivity index (χ1n) is 6.58. The van der Waals surface area contributed by atoms with E-state index in [1.54, 1.807) is 12.1 Å². The van der Waals surface area contributed by atoms with Gasteiger partial charge in [0, 0.05) is 25.1 Å². The second kappa shape index (κ2) is 8.55. The maximum absolute atomic E-state index is 5.69. The fourth-order valence-corrected chi connectivity index (χ4v) is 2.55. The summed E-state index contributed by atoms with van der Waals surface area (Å²) in [7, 11) is 1.80. The number of nitrogens with two attached hydrogens (primary N) is 1.